The van der Waals surface area contributed by atoms with Crippen LogP contribution in [-0.4, -0.2) is 4.57 Å². The van der Waals surface area contributed by atoms with Crippen LogP contribution < -0.4 is 0 Å². The van der Waals surface area contributed by atoms with Crippen LogP contribution in [0.25, 0.3) is 10.9 Å². The van der Waals surface area contributed by atoms with E-state index in [4.69, 9.17) is 0 Å². The first kappa shape index (κ1) is 7.94. The van der Waals surface area contributed by atoms with Crippen molar-refractivity contribution in [3.63, 3.8) is 0 Å². The second-order valence-corrected chi connectivity index (χ2v) is 3.06. The van der Waals surface area contributed by atoms with Gasteiger partial charge in [-0.05, 0) is 31.5 Å². The standard InChI is InChI=1S/C12H11N/c1-3-8-13-9-7-11-10(2)5-4-6-12(11)13/h4-7,9H,1-2H3. The summed E-state index contributed by atoms with van der Waals surface area (Å²) in [5.41, 5.74) is 2.49. The SMILES string of the molecule is CC#Cn1ccc2c(C)cccc21. The molecule has 2 aromatic rings. The predicted molar refractivity (Wildman–Crippen MR) is 55.5 cm³/mol. The zero-order chi connectivity index (χ0) is 9.26. The number of fused-ring (bicyclic) bond motifs is 1. The molecule has 0 bridgehead atoms. The minimum Gasteiger partial charge on any atom is -0.276 e. The molecular formula is C12H11N. The first-order valence-electron chi connectivity index (χ1n) is 4.32. The lowest BCUT2D eigenvalue weighted by Crippen LogP contribution is -1.84. The highest BCUT2D eigenvalue weighted by molar-refractivity contribution is 5.84. The maximum absolute atomic E-state index is 3.02. The van der Waals surface area contributed by atoms with Gasteiger partial charge >= 0.3 is 0 Å². The Kier molecular flexibility index (Phi) is 1.83. The molecule has 1 aromatic heterocycles. The molecule has 1 heterocycles. The van der Waals surface area contributed by atoms with Crippen molar-refractivity contribution < 1.29 is 0 Å². The molecular weight excluding hydrogens is 158 g/mol. The van der Waals surface area contributed by atoms with Crippen molar-refractivity contribution in [3.8, 4) is 12.0 Å². The van der Waals surface area contributed by atoms with Crippen molar-refractivity contribution in [2.45, 2.75) is 13.8 Å². The Balaban J connectivity index is 2.80. The number of nitrogens with zero attached hydrogens (tertiary/aromatic N) is 1. The Labute approximate surface area is 78.0 Å². The van der Waals surface area contributed by atoms with Gasteiger partial charge < -0.3 is 0 Å². The third-order valence-corrected chi connectivity index (χ3v) is 2.18. The smallest absolute Gasteiger partial charge is 0.0614 e. The number of benzene rings is 1. The van der Waals surface area contributed by atoms with Gasteiger partial charge in [-0.3, -0.25) is 4.57 Å². The highest BCUT2D eigenvalue weighted by atomic mass is 14.9. The van der Waals surface area contributed by atoms with E-state index in [0.29, 0.717) is 0 Å². The Morgan fingerprint density at radius 2 is 2.08 bits per heavy atom. The van der Waals surface area contributed by atoms with Crippen molar-refractivity contribution in [1.82, 2.24) is 4.57 Å². The minimum absolute atomic E-state index is 1.19. The summed E-state index contributed by atoms with van der Waals surface area (Å²) in [6.07, 6.45) is 2.01. The lowest BCUT2D eigenvalue weighted by Gasteiger charge is -1.96. The molecule has 0 saturated heterocycles. The quantitative estimate of drug-likeness (QED) is 0.534. The third-order valence-electron chi connectivity index (χ3n) is 2.18. The molecule has 0 aliphatic rings. The van der Waals surface area contributed by atoms with Gasteiger partial charge in [0.05, 0.1) is 5.52 Å². The molecule has 64 valence electrons. The summed E-state index contributed by atoms with van der Waals surface area (Å²) in [5.74, 6) is 2.89. The second kappa shape index (κ2) is 2.99. The fourth-order valence-electron chi connectivity index (χ4n) is 1.54. The normalized spacial score (nSPS) is 9.69. The van der Waals surface area contributed by atoms with Crippen LogP contribution in [0.3, 0.4) is 0 Å². The zero-order valence-electron chi connectivity index (χ0n) is 7.83. The molecule has 1 aromatic carbocycles. The molecule has 2 rings (SSSR count). The van der Waals surface area contributed by atoms with Crippen LogP contribution in [0.1, 0.15) is 12.5 Å². The fourth-order valence-corrected chi connectivity index (χ4v) is 1.54. The number of hydrogen-bond donors (Lipinski definition) is 0. The van der Waals surface area contributed by atoms with E-state index in [1.54, 1.807) is 0 Å². The van der Waals surface area contributed by atoms with Crippen LogP contribution in [0.5, 0.6) is 0 Å². The van der Waals surface area contributed by atoms with Gasteiger partial charge in [0.15, 0.2) is 0 Å². The first-order valence-corrected chi connectivity index (χ1v) is 4.32. The Hall–Kier alpha value is -1.68. The molecule has 13 heavy (non-hydrogen) atoms. The summed E-state index contributed by atoms with van der Waals surface area (Å²) >= 11 is 0. The average Bonchev–Trinajstić information content (AvgIpc) is 2.51. The number of hydrogen-bond acceptors (Lipinski definition) is 0. The highest BCUT2D eigenvalue weighted by Gasteiger charge is 1.99. The van der Waals surface area contributed by atoms with Crippen molar-refractivity contribution in [2.75, 3.05) is 0 Å². The van der Waals surface area contributed by atoms with Crippen LogP contribution in [0.15, 0.2) is 30.5 Å². The molecule has 1 heteroatoms. The van der Waals surface area contributed by atoms with Crippen LogP contribution in [0, 0.1) is 18.9 Å². The molecule has 0 radical (unpaired) electrons. The van der Waals surface area contributed by atoms with E-state index in [2.05, 4.69) is 43.2 Å². The van der Waals surface area contributed by atoms with Gasteiger partial charge in [0.2, 0.25) is 0 Å². The van der Waals surface area contributed by atoms with E-state index in [1.165, 1.54) is 16.5 Å². The monoisotopic (exact) mass is 169 g/mol. The molecule has 0 atom stereocenters. The number of aromatic nitrogens is 1. The maximum Gasteiger partial charge on any atom is 0.0614 e. The molecule has 0 aliphatic carbocycles. The molecule has 0 unspecified atom stereocenters. The predicted octanol–water partition coefficient (Wildman–Crippen LogP) is 2.78. The van der Waals surface area contributed by atoms with Gasteiger partial charge in [-0.15, -0.1) is 0 Å². The Morgan fingerprint density at radius 3 is 2.85 bits per heavy atom. The van der Waals surface area contributed by atoms with E-state index in [-0.39, 0.29) is 0 Å². The largest absolute Gasteiger partial charge is 0.276 e. The van der Waals surface area contributed by atoms with E-state index in [0.717, 1.165) is 0 Å². The molecule has 0 spiro atoms. The average molecular weight is 169 g/mol. The van der Waals surface area contributed by atoms with Gasteiger partial charge in [-0.2, -0.15) is 0 Å². The molecule has 1 nitrogen and oxygen atoms in total. The van der Waals surface area contributed by atoms with Gasteiger partial charge in [0.1, 0.15) is 0 Å². The zero-order valence-corrected chi connectivity index (χ0v) is 7.83. The second-order valence-electron chi connectivity index (χ2n) is 3.06. The third kappa shape index (κ3) is 1.21. The van der Waals surface area contributed by atoms with Crippen LogP contribution in [0.4, 0.5) is 0 Å². The van der Waals surface area contributed by atoms with E-state index < -0.39 is 0 Å². The summed E-state index contributed by atoms with van der Waals surface area (Å²) in [6.45, 7) is 3.97. The number of rotatable bonds is 0. The summed E-state index contributed by atoms with van der Waals surface area (Å²) in [6, 6.07) is 11.4. The number of aryl methyl sites for hydroxylation is 1. The molecule has 0 N–H and O–H groups in total. The lowest BCUT2D eigenvalue weighted by atomic mass is 10.1. The highest BCUT2D eigenvalue weighted by Crippen LogP contribution is 2.18. The fraction of sp³-hybridized carbons (Fsp3) is 0.167. The van der Waals surface area contributed by atoms with Crippen molar-refractivity contribution in [1.29, 1.82) is 0 Å². The lowest BCUT2D eigenvalue weighted by molar-refractivity contribution is 1.20. The van der Waals surface area contributed by atoms with Gasteiger partial charge in [-0.25, -0.2) is 0 Å². The van der Waals surface area contributed by atoms with Crippen molar-refractivity contribution in [3.05, 3.63) is 36.0 Å². The summed E-state index contributed by atoms with van der Waals surface area (Å²) in [4.78, 5) is 0. The van der Waals surface area contributed by atoms with Crippen molar-refractivity contribution in [2.24, 2.45) is 0 Å². The van der Waals surface area contributed by atoms with Gasteiger partial charge in [0, 0.05) is 17.6 Å². The van der Waals surface area contributed by atoms with Crippen molar-refractivity contribution >= 4 is 10.9 Å². The topological polar surface area (TPSA) is 4.93 Å². The van der Waals surface area contributed by atoms with Gasteiger partial charge in [0.25, 0.3) is 0 Å². The molecule has 0 amide bonds. The van der Waals surface area contributed by atoms with Crippen LogP contribution >= 0.6 is 0 Å². The summed E-state index contributed by atoms with van der Waals surface area (Å²) in [5, 5.41) is 1.28. The molecule has 0 aliphatic heterocycles. The van der Waals surface area contributed by atoms with Gasteiger partial charge in [-0.1, -0.05) is 18.1 Å². The van der Waals surface area contributed by atoms with E-state index >= 15 is 0 Å². The Bertz CT molecular complexity index is 495. The van der Waals surface area contributed by atoms with E-state index in [9.17, 15) is 0 Å². The molecule has 0 saturated carbocycles. The molecule has 0 fully saturated rings. The summed E-state index contributed by atoms with van der Waals surface area (Å²) < 4.78 is 1.96. The summed E-state index contributed by atoms with van der Waals surface area (Å²) in [7, 11) is 0. The minimum atomic E-state index is 1.19. The van der Waals surface area contributed by atoms with E-state index in [1.807, 2.05) is 17.7 Å². The van der Waals surface area contributed by atoms with Crippen LogP contribution in [-0.2, 0) is 0 Å². The maximum atomic E-state index is 3.02. The van der Waals surface area contributed by atoms with Crippen LogP contribution in [0.2, 0.25) is 0 Å². The Morgan fingerprint density at radius 1 is 1.23 bits per heavy atom. The first-order chi connectivity index (χ1) is 6.33.